The van der Waals surface area contributed by atoms with Crippen LogP contribution in [0.15, 0.2) is 39.9 Å². The number of hydrogen-bond donors (Lipinski definition) is 0. The van der Waals surface area contributed by atoms with Crippen LogP contribution in [0.1, 0.15) is 39.3 Å². The standard InChI is InChI=1S/C18H19N3O2/c1-16-9-11-12-13(18(16,3)17(12,16)2)21-15(23)19(14(22)20(11)21)10-7-5-4-6-8-10/h4-8,11-13H,9H2,1-3H3/t11-,12-,13+,16-,17-,18+/m1/s1. The summed E-state index contributed by atoms with van der Waals surface area (Å²) in [5.41, 5.74) is 1.08. The zero-order chi connectivity index (χ0) is 15.9. The van der Waals surface area contributed by atoms with Crippen LogP contribution in [0.25, 0.3) is 5.69 Å². The highest BCUT2D eigenvalue weighted by atomic mass is 16.2. The molecule has 0 saturated heterocycles. The average molecular weight is 309 g/mol. The molecule has 6 rings (SSSR count). The topological polar surface area (TPSA) is 48.9 Å². The Bertz CT molecular complexity index is 1010. The van der Waals surface area contributed by atoms with E-state index in [1.54, 1.807) is 9.36 Å². The Morgan fingerprint density at radius 2 is 1.61 bits per heavy atom. The second-order valence-corrected chi connectivity index (χ2v) is 8.40. The minimum absolute atomic E-state index is 0.165. The average Bonchev–Trinajstić information content (AvgIpc) is 2.89. The summed E-state index contributed by atoms with van der Waals surface area (Å²) in [6, 6.07) is 9.66. The summed E-state index contributed by atoms with van der Waals surface area (Å²) < 4.78 is 4.92. The number of aromatic nitrogens is 3. The van der Waals surface area contributed by atoms with Gasteiger partial charge in [-0.25, -0.2) is 23.5 Å². The van der Waals surface area contributed by atoms with Crippen molar-refractivity contribution in [2.24, 2.45) is 22.2 Å². The number of fused-ring (bicyclic) bond motifs is 5. The number of para-hydroxylation sites is 1. The molecular formula is C18H19N3O2. The lowest BCUT2D eigenvalue weighted by molar-refractivity contribution is 0.0140. The van der Waals surface area contributed by atoms with E-state index < -0.39 is 0 Å². The summed E-state index contributed by atoms with van der Waals surface area (Å²) in [7, 11) is 0. The molecule has 3 aliphatic carbocycles. The lowest BCUT2D eigenvalue weighted by Gasteiger charge is -2.45. The molecule has 0 bridgehead atoms. The third kappa shape index (κ3) is 0.832. The summed E-state index contributed by atoms with van der Waals surface area (Å²) in [5.74, 6) is 0.461. The van der Waals surface area contributed by atoms with Crippen LogP contribution >= 0.6 is 0 Å². The van der Waals surface area contributed by atoms with Crippen molar-refractivity contribution in [1.82, 2.24) is 13.9 Å². The van der Waals surface area contributed by atoms with Crippen LogP contribution in [0.4, 0.5) is 0 Å². The molecule has 0 amide bonds. The molecule has 1 aromatic heterocycles. The van der Waals surface area contributed by atoms with Crippen molar-refractivity contribution in [3.8, 4) is 5.69 Å². The molecule has 1 aromatic carbocycles. The summed E-state index contributed by atoms with van der Waals surface area (Å²) in [4.78, 5) is 26.1. The molecule has 2 aromatic rings. The fourth-order valence-electron chi connectivity index (χ4n) is 7.24. The van der Waals surface area contributed by atoms with Crippen molar-refractivity contribution in [2.45, 2.75) is 39.3 Å². The molecule has 2 heterocycles. The number of nitrogens with zero attached hydrogens (tertiary/aromatic N) is 3. The highest BCUT2D eigenvalue weighted by Crippen LogP contribution is 3.02. The lowest BCUT2D eigenvalue weighted by Crippen LogP contribution is -2.47. The molecule has 1 aliphatic heterocycles. The summed E-state index contributed by atoms with van der Waals surface area (Å²) in [6.07, 6.45) is 1.03. The van der Waals surface area contributed by atoms with Crippen molar-refractivity contribution in [1.29, 1.82) is 0 Å². The van der Waals surface area contributed by atoms with Crippen LogP contribution < -0.4 is 11.4 Å². The van der Waals surface area contributed by atoms with E-state index in [2.05, 4.69) is 20.8 Å². The van der Waals surface area contributed by atoms with E-state index in [4.69, 9.17) is 0 Å². The van der Waals surface area contributed by atoms with E-state index in [0.29, 0.717) is 17.0 Å². The maximum Gasteiger partial charge on any atom is 0.352 e. The Balaban J connectivity index is 1.65. The molecule has 0 spiro atoms. The van der Waals surface area contributed by atoms with Gasteiger partial charge < -0.3 is 0 Å². The first-order valence-corrected chi connectivity index (χ1v) is 8.41. The van der Waals surface area contributed by atoms with Crippen LogP contribution in [0.2, 0.25) is 0 Å². The molecule has 23 heavy (non-hydrogen) atoms. The normalized spacial score (nSPS) is 47.2. The first kappa shape index (κ1) is 12.4. The smallest absolute Gasteiger partial charge is 0.245 e. The molecule has 4 aliphatic rings. The monoisotopic (exact) mass is 309 g/mol. The largest absolute Gasteiger partial charge is 0.352 e. The maximum atomic E-state index is 13.1. The third-order valence-electron chi connectivity index (χ3n) is 8.54. The predicted octanol–water partition coefficient (Wildman–Crippen LogP) is 1.96. The van der Waals surface area contributed by atoms with Crippen molar-refractivity contribution in [2.75, 3.05) is 0 Å². The highest BCUT2D eigenvalue weighted by molar-refractivity contribution is 5.46. The zero-order valence-corrected chi connectivity index (χ0v) is 13.5. The summed E-state index contributed by atoms with van der Waals surface area (Å²) in [6.45, 7) is 7.03. The molecule has 0 radical (unpaired) electrons. The van der Waals surface area contributed by atoms with E-state index in [1.165, 1.54) is 4.57 Å². The van der Waals surface area contributed by atoms with E-state index in [9.17, 15) is 9.59 Å². The molecule has 0 unspecified atom stereocenters. The van der Waals surface area contributed by atoms with Crippen LogP contribution in [0, 0.1) is 22.2 Å². The van der Waals surface area contributed by atoms with Gasteiger partial charge in [-0.3, -0.25) is 0 Å². The Kier molecular flexibility index (Phi) is 1.61. The number of benzene rings is 1. The zero-order valence-electron chi connectivity index (χ0n) is 13.5. The van der Waals surface area contributed by atoms with Gasteiger partial charge in [0.15, 0.2) is 0 Å². The Hall–Kier alpha value is -2.04. The second-order valence-electron chi connectivity index (χ2n) is 8.40. The van der Waals surface area contributed by atoms with Crippen LogP contribution in [-0.2, 0) is 0 Å². The van der Waals surface area contributed by atoms with Crippen molar-refractivity contribution in [3.63, 3.8) is 0 Å². The van der Waals surface area contributed by atoms with Crippen LogP contribution in [0.5, 0.6) is 0 Å². The molecule has 5 heteroatoms. The lowest BCUT2D eigenvalue weighted by atomic mass is 9.60. The van der Waals surface area contributed by atoms with Gasteiger partial charge in [0, 0.05) is 11.3 Å². The number of hydrogen-bond acceptors (Lipinski definition) is 2. The SMILES string of the molecule is C[C@]12C[C@@H]3[C@@H]4[C@H](n5c(=O)n(-c6ccccc6)c(=O)n53)[C@]1(C)[C@]42C. The molecule has 118 valence electrons. The Morgan fingerprint density at radius 1 is 0.957 bits per heavy atom. The summed E-state index contributed by atoms with van der Waals surface area (Å²) in [5, 5.41) is 0. The fraction of sp³-hybridized carbons (Fsp3) is 0.556. The third-order valence-corrected chi connectivity index (χ3v) is 8.54. The van der Waals surface area contributed by atoms with Crippen molar-refractivity contribution in [3.05, 3.63) is 51.3 Å². The van der Waals surface area contributed by atoms with Gasteiger partial charge >= 0.3 is 11.4 Å². The predicted molar refractivity (Wildman–Crippen MR) is 84.8 cm³/mol. The van der Waals surface area contributed by atoms with Gasteiger partial charge in [0.2, 0.25) is 0 Å². The first-order valence-electron chi connectivity index (χ1n) is 8.41. The van der Waals surface area contributed by atoms with Gasteiger partial charge in [0.25, 0.3) is 0 Å². The highest BCUT2D eigenvalue weighted by Gasteiger charge is 2.99. The van der Waals surface area contributed by atoms with Gasteiger partial charge in [0.1, 0.15) is 0 Å². The fourth-order valence-corrected chi connectivity index (χ4v) is 7.24. The van der Waals surface area contributed by atoms with E-state index in [-0.39, 0.29) is 34.3 Å². The Labute approximate surface area is 133 Å². The first-order chi connectivity index (χ1) is 10.9. The maximum absolute atomic E-state index is 13.1. The molecule has 0 N–H and O–H groups in total. The minimum Gasteiger partial charge on any atom is -0.245 e. The minimum atomic E-state index is -0.170. The Morgan fingerprint density at radius 3 is 2.26 bits per heavy atom. The molecule has 6 atom stereocenters. The molecular weight excluding hydrogens is 290 g/mol. The number of rotatable bonds is 1. The second kappa shape index (κ2) is 2.99. The van der Waals surface area contributed by atoms with Gasteiger partial charge in [-0.2, -0.15) is 0 Å². The van der Waals surface area contributed by atoms with E-state index >= 15 is 0 Å². The van der Waals surface area contributed by atoms with Crippen LogP contribution in [0.3, 0.4) is 0 Å². The quantitative estimate of drug-likeness (QED) is 0.808. The molecule has 5 nitrogen and oxygen atoms in total. The van der Waals surface area contributed by atoms with Gasteiger partial charge in [0.05, 0.1) is 17.8 Å². The van der Waals surface area contributed by atoms with Gasteiger partial charge in [-0.15, -0.1) is 0 Å². The van der Waals surface area contributed by atoms with Gasteiger partial charge in [-0.1, -0.05) is 39.0 Å². The summed E-state index contributed by atoms with van der Waals surface area (Å²) >= 11 is 0. The van der Waals surface area contributed by atoms with Crippen molar-refractivity contribution >= 4 is 0 Å². The van der Waals surface area contributed by atoms with E-state index in [1.807, 2.05) is 30.3 Å². The van der Waals surface area contributed by atoms with Crippen molar-refractivity contribution < 1.29 is 0 Å². The van der Waals surface area contributed by atoms with Gasteiger partial charge in [-0.05, 0) is 29.4 Å². The molecule has 3 saturated carbocycles. The van der Waals surface area contributed by atoms with E-state index in [0.717, 1.165) is 6.42 Å². The molecule has 3 fully saturated rings. The van der Waals surface area contributed by atoms with Crippen LogP contribution in [-0.4, -0.2) is 13.9 Å².